The monoisotopic (exact) mass is 339 g/mol. The first-order valence-electron chi connectivity index (χ1n) is 6.68. The summed E-state index contributed by atoms with van der Waals surface area (Å²) in [6.45, 7) is 4.58. The van der Waals surface area contributed by atoms with E-state index in [2.05, 4.69) is 42.9 Å². The highest BCUT2D eigenvalue weighted by Gasteiger charge is 2.22. The van der Waals surface area contributed by atoms with Gasteiger partial charge >= 0.3 is 5.69 Å². The Kier molecular flexibility index (Phi) is 3.33. The molecule has 0 fully saturated rings. The molecule has 3 aromatic heterocycles. The van der Waals surface area contributed by atoms with Gasteiger partial charge in [-0.05, 0) is 13.3 Å². The number of H-pyrrole nitrogens is 2. The normalized spacial score (nSPS) is 11.8. The second-order valence-corrected chi connectivity index (χ2v) is 5.62. The molecule has 0 bridgehead atoms. The number of aryl methyl sites for hydroxylation is 2. The molecule has 0 aliphatic heterocycles. The van der Waals surface area contributed by atoms with Crippen molar-refractivity contribution in [3.8, 4) is 0 Å². The largest absolute Gasteiger partial charge is 0.409 e. The van der Waals surface area contributed by atoms with Crippen LogP contribution in [0.1, 0.15) is 32.0 Å². The molecule has 106 valence electrons. The molecule has 8 heteroatoms. The van der Waals surface area contributed by atoms with E-state index in [4.69, 9.17) is 0 Å². The number of fused-ring (bicyclic) bond motifs is 3. The third-order valence-electron chi connectivity index (χ3n) is 3.30. The van der Waals surface area contributed by atoms with Crippen LogP contribution in [0.2, 0.25) is 0 Å². The first-order valence-corrected chi connectivity index (χ1v) is 7.47. The Morgan fingerprint density at radius 1 is 1.40 bits per heavy atom. The van der Waals surface area contributed by atoms with E-state index in [0.717, 1.165) is 30.4 Å². The number of halogens is 1. The molecule has 0 aliphatic carbocycles. The summed E-state index contributed by atoms with van der Waals surface area (Å²) < 4.78 is 3.79. The van der Waals surface area contributed by atoms with Gasteiger partial charge in [0.2, 0.25) is 11.2 Å². The summed E-state index contributed by atoms with van der Waals surface area (Å²) >= 11 is 3.37. The van der Waals surface area contributed by atoms with Crippen molar-refractivity contribution in [2.45, 2.75) is 39.7 Å². The molecule has 0 unspecified atom stereocenters. The Bertz CT molecular complexity index is 830. The van der Waals surface area contributed by atoms with Gasteiger partial charge in [-0.3, -0.25) is 4.98 Å². The number of nitrogens with zero attached hydrogens (tertiary/aromatic N) is 4. The molecule has 2 N–H and O–H groups in total. The Hall–Kier alpha value is -1.70. The summed E-state index contributed by atoms with van der Waals surface area (Å²) in [7, 11) is 0. The molecular weight excluding hydrogens is 324 g/mol. The lowest BCUT2D eigenvalue weighted by molar-refractivity contribution is -0.364. The fourth-order valence-electron chi connectivity index (χ4n) is 2.38. The standard InChI is InChI=1S/C12H15BrN6O/c1-3-4-5-6-18-9-8(15-11(13)16-9)10-14-7(2)17-19(10)12(18)20/h3-6H2,1-2H3,(H,15,16)/p+1. The topological polar surface area (TPSA) is 82.1 Å². The van der Waals surface area contributed by atoms with E-state index in [-0.39, 0.29) is 5.69 Å². The van der Waals surface area contributed by atoms with Gasteiger partial charge < -0.3 is 0 Å². The fraction of sp³-hybridized carbons (Fsp3) is 0.500. The molecule has 0 atom stereocenters. The Labute approximate surface area is 123 Å². The minimum atomic E-state index is -0.160. The molecule has 0 saturated heterocycles. The summed E-state index contributed by atoms with van der Waals surface area (Å²) in [5, 5.41) is 4.18. The zero-order valence-electron chi connectivity index (χ0n) is 11.4. The molecule has 3 rings (SSSR count). The third-order valence-corrected chi connectivity index (χ3v) is 3.70. The third kappa shape index (κ3) is 2.04. The number of aromatic nitrogens is 6. The second kappa shape index (κ2) is 5.01. The predicted molar refractivity (Wildman–Crippen MR) is 77.6 cm³/mol. The van der Waals surface area contributed by atoms with Gasteiger partial charge in [0.15, 0.2) is 0 Å². The van der Waals surface area contributed by atoms with Crippen molar-refractivity contribution in [2.24, 2.45) is 0 Å². The van der Waals surface area contributed by atoms with Crippen LogP contribution in [0.25, 0.3) is 16.8 Å². The lowest BCUT2D eigenvalue weighted by Gasteiger charge is -2.01. The molecule has 3 aromatic rings. The SMILES string of the molecule is CCCCCn1c(=O)n2nc(C)nc2c2[nH]c(Br)[nH+]c21. The van der Waals surface area contributed by atoms with Crippen LogP contribution in [0.15, 0.2) is 9.53 Å². The molecule has 7 nitrogen and oxygen atoms in total. The van der Waals surface area contributed by atoms with E-state index in [1.807, 2.05) is 0 Å². The maximum atomic E-state index is 12.5. The van der Waals surface area contributed by atoms with Gasteiger partial charge in [-0.2, -0.15) is 0 Å². The van der Waals surface area contributed by atoms with E-state index >= 15 is 0 Å². The zero-order valence-corrected chi connectivity index (χ0v) is 13.0. The summed E-state index contributed by atoms with van der Waals surface area (Å²) in [4.78, 5) is 23.1. The number of unbranched alkanes of at least 4 members (excludes halogenated alkanes) is 2. The van der Waals surface area contributed by atoms with E-state index in [0.29, 0.717) is 22.8 Å². The quantitative estimate of drug-likeness (QED) is 0.576. The van der Waals surface area contributed by atoms with Crippen LogP contribution in [0, 0.1) is 6.92 Å². The van der Waals surface area contributed by atoms with E-state index in [1.165, 1.54) is 4.52 Å². The Morgan fingerprint density at radius 3 is 2.95 bits per heavy atom. The maximum Gasteiger partial charge on any atom is 0.409 e. The molecule has 0 spiro atoms. The lowest BCUT2D eigenvalue weighted by atomic mass is 10.2. The van der Waals surface area contributed by atoms with Crippen molar-refractivity contribution in [3.63, 3.8) is 0 Å². The van der Waals surface area contributed by atoms with Gasteiger partial charge in [0.1, 0.15) is 5.82 Å². The minimum Gasteiger partial charge on any atom is -0.258 e. The Balaban J connectivity index is 2.29. The van der Waals surface area contributed by atoms with E-state index < -0.39 is 0 Å². The van der Waals surface area contributed by atoms with Crippen molar-refractivity contribution in [2.75, 3.05) is 0 Å². The van der Waals surface area contributed by atoms with Crippen molar-refractivity contribution in [3.05, 3.63) is 21.0 Å². The molecule has 0 saturated carbocycles. The fourth-order valence-corrected chi connectivity index (χ4v) is 2.76. The van der Waals surface area contributed by atoms with Gasteiger partial charge in [-0.25, -0.2) is 19.3 Å². The van der Waals surface area contributed by atoms with E-state index in [9.17, 15) is 4.79 Å². The smallest absolute Gasteiger partial charge is 0.258 e. The maximum absolute atomic E-state index is 12.5. The number of rotatable bonds is 4. The summed E-state index contributed by atoms with van der Waals surface area (Å²) in [6, 6.07) is 0. The number of hydrogen-bond donors (Lipinski definition) is 1. The predicted octanol–water partition coefficient (Wildman–Crippen LogP) is 1.45. The minimum absolute atomic E-state index is 0.160. The van der Waals surface area contributed by atoms with Crippen molar-refractivity contribution >= 4 is 32.7 Å². The highest BCUT2D eigenvalue weighted by molar-refractivity contribution is 9.10. The van der Waals surface area contributed by atoms with Crippen LogP contribution in [-0.2, 0) is 6.54 Å². The van der Waals surface area contributed by atoms with Crippen LogP contribution >= 0.6 is 15.9 Å². The number of hydrogen-bond acceptors (Lipinski definition) is 3. The average Bonchev–Trinajstić information content (AvgIpc) is 2.96. The molecule has 3 heterocycles. The highest BCUT2D eigenvalue weighted by atomic mass is 79.9. The average molecular weight is 340 g/mol. The Morgan fingerprint density at radius 2 is 2.20 bits per heavy atom. The molecule has 20 heavy (non-hydrogen) atoms. The van der Waals surface area contributed by atoms with Gasteiger partial charge in [0.25, 0.3) is 10.4 Å². The van der Waals surface area contributed by atoms with Gasteiger partial charge in [-0.1, -0.05) is 19.8 Å². The zero-order chi connectivity index (χ0) is 14.3. The van der Waals surface area contributed by atoms with Gasteiger partial charge in [0, 0.05) is 15.9 Å². The van der Waals surface area contributed by atoms with Crippen LogP contribution in [0.4, 0.5) is 0 Å². The molecule has 0 radical (unpaired) electrons. The van der Waals surface area contributed by atoms with Crippen LogP contribution in [-0.4, -0.2) is 24.1 Å². The second-order valence-electron chi connectivity index (χ2n) is 4.82. The highest BCUT2D eigenvalue weighted by Crippen LogP contribution is 2.14. The van der Waals surface area contributed by atoms with Crippen LogP contribution in [0.5, 0.6) is 0 Å². The van der Waals surface area contributed by atoms with Crippen LogP contribution < -0.4 is 10.7 Å². The summed E-state index contributed by atoms with van der Waals surface area (Å²) in [5.41, 5.74) is 1.93. The first kappa shape index (κ1) is 13.3. The van der Waals surface area contributed by atoms with Gasteiger partial charge in [-0.15, -0.1) is 9.61 Å². The summed E-state index contributed by atoms with van der Waals surface area (Å²) in [5.74, 6) is 0.584. The van der Waals surface area contributed by atoms with E-state index in [1.54, 1.807) is 11.5 Å². The summed E-state index contributed by atoms with van der Waals surface area (Å²) in [6.07, 6.45) is 3.17. The number of imidazole rings is 1. The molecule has 0 aromatic carbocycles. The van der Waals surface area contributed by atoms with Gasteiger partial charge in [0.05, 0.1) is 6.54 Å². The molecule has 0 aliphatic rings. The van der Waals surface area contributed by atoms with Crippen molar-refractivity contribution in [1.82, 2.24) is 24.1 Å². The number of aromatic amines is 2. The molecule has 0 amide bonds. The molecular formula is C12H16BrN6O+. The lowest BCUT2D eigenvalue weighted by Crippen LogP contribution is -2.30. The van der Waals surface area contributed by atoms with Crippen molar-refractivity contribution in [1.29, 1.82) is 0 Å². The van der Waals surface area contributed by atoms with Crippen LogP contribution in [0.3, 0.4) is 0 Å². The van der Waals surface area contributed by atoms with Crippen molar-refractivity contribution < 1.29 is 4.98 Å². The first-order chi connectivity index (χ1) is 9.61. The number of nitrogens with one attached hydrogen (secondary N) is 2.